The van der Waals surface area contributed by atoms with Crippen LogP contribution >= 0.6 is 69.6 Å². The van der Waals surface area contributed by atoms with Crippen LogP contribution in [-0.2, 0) is 38.1 Å². The zero-order valence-electron chi connectivity index (χ0n) is 23.7. The van der Waals surface area contributed by atoms with Crippen molar-refractivity contribution >= 4 is 93.5 Å². The summed E-state index contributed by atoms with van der Waals surface area (Å²) in [6.07, 6.45) is 0.703. The number of ether oxygens (including phenoxy) is 4. The van der Waals surface area contributed by atoms with Gasteiger partial charge in [-0.1, -0.05) is 57.5 Å². The Hall–Kier alpha value is -1.24. The summed E-state index contributed by atoms with van der Waals surface area (Å²) in [7, 11) is 0. The third kappa shape index (κ3) is 7.43. The number of hydrogen-bond acceptors (Lipinski definition) is 8. The van der Waals surface area contributed by atoms with Gasteiger partial charge in [-0.25, -0.2) is 9.59 Å². The molecule has 0 aromatic carbocycles. The summed E-state index contributed by atoms with van der Waals surface area (Å²) < 4.78 is 19.3. The second kappa shape index (κ2) is 15.4. The molecule has 2 rings (SSSR count). The molecule has 0 aliphatic heterocycles. The van der Waals surface area contributed by atoms with Gasteiger partial charge < -0.3 is 29.2 Å². The van der Waals surface area contributed by atoms with Gasteiger partial charge in [-0.3, -0.25) is 9.59 Å². The van der Waals surface area contributed by atoms with E-state index in [1.807, 2.05) is 0 Å². The number of rotatable bonds is 16. The average Bonchev–Trinajstić information content (AvgIpc) is 3.15. The number of aliphatic carboxylic acids is 2. The predicted molar refractivity (Wildman–Crippen MR) is 162 cm³/mol. The maximum absolute atomic E-state index is 13.3. The van der Waals surface area contributed by atoms with Crippen molar-refractivity contribution in [2.45, 2.75) is 54.6 Å². The van der Waals surface area contributed by atoms with Gasteiger partial charge in [0.25, 0.3) is 0 Å². The number of esters is 2. The molecule has 43 heavy (non-hydrogen) atoms. The fourth-order valence-electron chi connectivity index (χ4n) is 4.56. The first kappa shape index (κ1) is 37.9. The van der Waals surface area contributed by atoms with Crippen LogP contribution in [0.5, 0.6) is 0 Å². The molecule has 2 N–H and O–H groups in total. The Balaban J connectivity index is 2.06. The summed E-state index contributed by atoms with van der Waals surface area (Å²) >= 11 is 39.4. The van der Waals surface area contributed by atoms with Gasteiger partial charge in [0.2, 0.25) is 0 Å². The molecular weight excluding hydrogens is 697 g/mol. The molecule has 2 aliphatic carbocycles. The first-order valence-electron chi connectivity index (χ1n) is 13.0. The lowest BCUT2D eigenvalue weighted by Gasteiger charge is -2.33. The molecule has 16 heteroatoms. The van der Waals surface area contributed by atoms with E-state index in [4.69, 9.17) is 98.8 Å². The standard InChI is InChI=1S/C27H32Cl6O10/c1-13(15(3)21(34)35)5-7-40-9-11-42-23(38)17-18(26(31)20(29)19(28)25(17,30)27(26,32)33)24(39)43-12-10-41-8-6-14(2)16(4)22(36)37/h17-18H,5-12H2,1-4H3,(H,34,35)(H,36,37). The summed E-state index contributed by atoms with van der Waals surface area (Å²) in [5.41, 5.74) is 1.69. The minimum atomic E-state index is -2.23. The highest BCUT2D eigenvalue weighted by Gasteiger charge is 2.86. The third-order valence-electron chi connectivity index (χ3n) is 7.55. The predicted octanol–water partition coefficient (Wildman–Crippen LogP) is 5.81. The lowest BCUT2D eigenvalue weighted by molar-refractivity contribution is -0.162. The van der Waals surface area contributed by atoms with Crippen LogP contribution in [0.3, 0.4) is 0 Å². The van der Waals surface area contributed by atoms with Crippen molar-refractivity contribution in [2.24, 2.45) is 11.8 Å². The lowest BCUT2D eigenvalue weighted by Crippen LogP contribution is -2.46. The molecule has 0 amide bonds. The Labute approximate surface area is 279 Å². The van der Waals surface area contributed by atoms with Crippen molar-refractivity contribution in [1.82, 2.24) is 0 Å². The highest BCUT2D eigenvalue weighted by Crippen LogP contribution is 2.76. The summed E-state index contributed by atoms with van der Waals surface area (Å²) in [6.45, 7) is 6.04. The summed E-state index contributed by atoms with van der Waals surface area (Å²) in [5, 5.41) is 17.5. The van der Waals surface area contributed by atoms with Crippen LogP contribution in [0.4, 0.5) is 0 Å². The summed E-state index contributed by atoms with van der Waals surface area (Å²) in [4.78, 5) is 44.4. The van der Waals surface area contributed by atoms with E-state index in [0.717, 1.165) is 0 Å². The number of hydrogen-bond donors (Lipinski definition) is 2. The molecule has 0 spiro atoms. The molecule has 1 saturated carbocycles. The van der Waals surface area contributed by atoms with Crippen LogP contribution < -0.4 is 0 Å². The maximum atomic E-state index is 13.3. The number of alkyl halides is 4. The van der Waals surface area contributed by atoms with E-state index in [-0.39, 0.29) is 60.9 Å². The van der Waals surface area contributed by atoms with Crippen LogP contribution in [0.15, 0.2) is 32.4 Å². The van der Waals surface area contributed by atoms with Gasteiger partial charge in [0.1, 0.15) is 23.0 Å². The third-order valence-corrected chi connectivity index (χ3v) is 11.8. The van der Waals surface area contributed by atoms with Gasteiger partial charge in [0.05, 0.1) is 48.3 Å². The van der Waals surface area contributed by atoms with Gasteiger partial charge in [-0.15, -0.1) is 23.2 Å². The van der Waals surface area contributed by atoms with E-state index in [1.54, 1.807) is 13.8 Å². The zero-order valence-corrected chi connectivity index (χ0v) is 28.3. The second-order valence-electron chi connectivity index (χ2n) is 10.1. The van der Waals surface area contributed by atoms with Gasteiger partial charge >= 0.3 is 23.9 Å². The first-order valence-corrected chi connectivity index (χ1v) is 15.3. The van der Waals surface area contributed by atoms with Crippen molar-refractivity contribution in [3.05, 3.63) is 32.4 Å². The molecule has 0 radical (unpaired) electrons. The van der Waals surface area contributed by atoms with Gasteiger partial charge in [0, 0.05) is 11.1 Å². The molecular formula is C27H32Cl6O10. The number of allylic oxidation sites excluding steroid dienone is 2. The lowest BCUT2D eigenvalue weighted by atomic mass is 9.82. The number of fused-ring (bicyclic) bond motifs is 2. The van der Waals surface area contributed by atoms with E-state index >= 15 is 0 Å². The Morgan fingerprint density at radius 2 is 0.953 bits per heavy atom. The van der Waals surface area contributed by atoms with Crippen molar-refractivity contribution in [2.75, 3.05) is 39.6 Å². The highest BCUT2D eigenvalue weighted by atomic mass is 35.5. The minimum absolute atomic E-state index is 0.0521. The molecule has 10 nitrogen and oxygen atoms in total. The Bertz CT molecular complexity index is 1140. The maximum Gasteiger partial charge on any atom is 0.331 e. The molecule has 0 aromatic heterocycles. The van der Waals surface area contributed by atoms with E-state index < -0.39 is 49.8 Å². The smallest absolute Gasteiger partial charge is 0.331 e. The number of carbonyl (C=O) groups is 4. The quantitative estimate of drug-likeness (QED) is 0.0865. The van der Waals surface area contributed by atoms with Gasteiger partial charge in [0.15, 0.2) is 4.33 Å². The van der Waals surface area contributed by atoms with E-state index in [2.05, 4.69) is 0 Å². The molecule has 2 aliphatic rings. The number of carbonyl (C=O) groups excluding carboxylic acids is 2. The van der Waals surface area contributed by atoms with Crippen LogP contribution in [0.2, 0.25) is 0 Å². The number of halogens is 6. The summed E-state index contributed by atoms with van der Waals surface area (Å²) in [5.74, 6) is -7.24. The van der Waals surface area contributed by atoms with Crippen LogP contribution in [0.25, 0.3) is 0 Å². The summed E-state index contributed by atoms with van der Waals surface area (Å²) in [6, 6.07) is 0. The number of carboxylic acids is 2. The van der Waals surface area contributed by atoms with Gasteiger partial charge in [-0.2, -0.15) is 0 Å². The van der Waals surface area contributed by atoms with Crippen molar-refractivity contribution in [1.29, 1.82) is 0 Å². The zero-order chi connectivity index (χ0) is 32.9. The topological polar surface area (TPSA) is 146 Å². The molecule has 0 aromatic rings. The normalized spacial score (nSPS) is 27.0. The van der Waals surface area contributed by atoms with Crippen LogP contribution in [-0.4, -0.2) is 87.8 Å². The Kier molecular flexibility index (Phi) is 13.6. The van der Waals surface area contributed by atoms with E-state index in [0.29, 0.717) is 24.0 Å². The molecule has 242 valence electrons. The highest BCUT2D eigenvalue weighted by molar-refractivity contribution is 6.66. The molecule has 0 heterocycles. The second-order valence-corrected chi connectivity index (χ2v) is 13.3. The van der Waals surface area contributed by atoms with Crippen LogP contribution in [0.1, 0.15) is 40.5 Å². The fourth-order valence-corrected chi connectivity index (χ4v) is 7.48. The van der Waals surface area contributed by atoms with Gasteiger partial charge in [-0.05, 0) is 40.5 Å². The van der Waals surface area contributed by atoms with Crippen LogP contribution in [0, 0.1) is 11.8 Å². The van der Waals surface area contributed by atoms with E-state index in [9.17, 15) is 19.2 Å². The monoisotopic (exact) mass is 726 g/mol. The fraction of sp³-hybridized carbons (Fsp3) is 0.630. The van der Waals surface area contributed by atoms with Crippen molar-refractivity contribution < 1.29 is 48.3 Å². The van der Waals surface area contributed by atoms with Crippen molar-refractivity contribution in [3.63, 3.8) is 0 Å². The SMILES string of the molecule is CC(CCOCCOC(=O)C1C(C(=O)OCCOCCC(C)=C(C)C(=O)O)C2(Cl)C(Cl)=C(Cl)C1(Cl)C2(Cl)Cl)=C(C)C(=O)O. The Morgan fingerprint density at radius 1 is 0.628 bits per heavy atom. The van der Waals surface area contributed by atoms with E-state index in [1.165, 1.54) is 13.8 Å². The first-order chi connectivity index (χ1) is 19.9. The molecule has 1 fully saturated rings. The molecule has 2 bridgehead atoms. The molecule has 4 unspecified atom stereocenters. The minimum Gasteiger partial charge on any atom is -0.478 e. The molecule has 0 saturated heterocycles. The molecule has 4 atom stereocenters. The Morgan fingerprint density at radius 3 is 1.26 bits per heavy atom. The largest absolute Gasteiger partial charge is 0.478 e. The number of carboxylic acid groups (broad SMARTS) is 2. The average molecular weight is 729 g/mol. The van der Waals surface area contributed by atoms with Crippen molar-refractivity contribution in [3.8, 4) is 0 Å².